The number of rotatable bonds is 6. The molecule has 33 heavy (non-hydrogen) atoms. The number of carbonyl (C=O) groups excluding carboxylic acids is 2. The number of ether oxygens (including phenoxy) is 2. The molecule has 0 N–H and O–H groups in total. The second-order valence-corrected chi connectivity index (χ2v) is 9.60. The Kier molecular flexibility index (Phi) is 7.34. The summed E-state index contributed by atoms with van der Waals surface area (Å²) in [7, 11) is 1.53. The maximum absolute atomic E-state index is 12.9. The summed E-state index contributed by atoms with van der Waals surface area (Å²) in [6.07, 6.45) is 1.64. The highest BCUT2D eigenvalue weighted by molar-refractivity contribution is 9.10. The highest BCUT2D eigenvalue weighted by atomic mass is 79.9. The van der Waals surface area contributed by atoms with Crippen molar-refractivity contribution in [2.75, 3.05) is 12.0 Å². The van der Waals surface area contributed by atoms with Crippen LogP contribution in [0.3, 0.4) is 0 Å². The van der Waals surface area contributed by atoms with Gasteiger partial charge in [0.2, 0.25) is 0 Å². The molecule has 168 valence electrons. The van der Waals surface area contributed by atoms with Crippen LogP contribution in [0.1, 0.15) is 11.1 Å². The van der Waals surface area contributed by atoms with Crippen LogP contribution >= 0.6 is 50.9 Å². The molecule has 0 unspecified atom stereocenters. The van der Waals surface area contributed by atoms with Gasteiger partial charge in [0.25, 0.3) is 11.1 Å². The van der Waals surface area contributed by atoms with Crippen LogP contribution in [-0.2, 0) is 11.4 Å². The third kappa shape index (κ3) is 5.22. The number of thioether (sulfide) groups is 1. The summed E-state index contributed by atoms with van der Waals surface area (Å²) in [5.74, 6) is 0.574. The molecule has 3 aromatic rings. The number of nitrogens with zero attached hydrogens (tertiary/aromatic N) is 1. The highest BCUT2D eigenvalue weighted by Crippen LogP contribution is 2.40. The van der Waals surface area contributed by atoms with E-state index < -0.39 is 5.91 Å². The van der Waals surface area contributed by atoms with Crippen molar-refractivity contribution >= 4 is 73.8 Å². The van der Waals surface area contributed by atoms with Crippen LogP contribution in [0, 0.1) is 0 Å². The lowest BCUT2D eigenvalue weighted by Gasteiger charge is -2.14. The fourth-order valence-corrected chi connectivity index (χ4v) is 4.89. The molecule has 0 aliphatic carbocycles. The van der Waals surface area contributed by atoms with Gasteiger partial charge >= 0.3 is 0 Å². The molecule has 9 heteroatoms. The quantitative estimate of drug-likeness (QED) is 0.289. The molecule has 4 rings (SSSR count). The molecular formula is C24H16BrCl2NO4S. The van der Waals surface area contributed by atoms with Crippen molar-refractivity contribution in [2.24, 2.45) is 0 Å². The van der Waals surface area contributed by atoms with Gasteiger partial charge in [0, 0.05) is 15.6 Å². The molecule has 1 saturated heterocycles. The van der Waals surface area contributed by atoms with Crippen LogP contribution in [-0.4, -0.2) is 18.3 Å². The summed E-state index contributed by atoms with van der Waals surface area (Å²) in [5, 5.41) is 0.759. The largest absolute Gasteiger partial charge is 0.493 e. The number of halogens is 3. The zero-order chi connectivity index (χ0) is 23.5. The first kappa shape index (κ1) is 23.7. The van der Waals surface area contributed by atoms with E-state index in [2.05, 4.69) is 15.9 Å². The molecule has 1 aliphatic heterocycles. The number of carbonyl (C=O) groups is 2. The van der Waals surface area contributed by atoms with Crippen LogP contribution in [0.15, 0.2) is 70.0 Å². The normalized spacial score (nSPS) is 14.8. The van der Waals surface area contributed by atoms with Crippen molar-refractivity contribution < 1.29 is 19.1 Å². The van der Waals surface area contributed by atoms with E-state index in [1.54, 1.807) is 48.5 Å². The lowest BCUT2D eigenvalue weighted by Crippen LogP contribution is -2.27. The molecule has 1 fully saturated rings. The van der Waals surface area contributed by atoms with Gasteiger partial charge < -0.3 is 9.47 Å². The molecule has 1 heterocycles. The smallest absolute Gasteiger partial charge is 0.298 e. The number of hydrogen-bond donors (Lipinski definition) is 0. The number of amides is 2. The van der Waals surface area contributed by atoms with Gasteiger partial charge in [0.15, 0.2) is 11.5 Å². The lowest BCUT2D eigenvalue weighted by atomic mass is 10.1. The summed E-state index contributed by atoms with van der Waals surface area (Å²) in [4.78, 5) is 26.8. The summed E-state index contributed by atoms with van der Waals surface area (Å²) in [6, 6.07) is 17.5. The second kappa shape index (κ2) is 10.2. The van der Waals surface area contributed by atoms with E-state index in [9.17, 15) is 9.59 Å². The molecule has 0 saturated carbocycles. The molecule has 0 atom stereocenters. The molecule has 0 bridgehead atoms. The van der Waals surface area contributed by atoms with E-state index in [1.807, 2.05) is 18.2 Å². The minimum Gasteiger partial charge on any atom is -0.493 e. The molecule has 0 spiro atoms. The van der Waals surface area contributed by atoms with Crippen molar-refractivity contribution in [3.8, 4) is 11.5 Å². The number of benzene rings is 3. The van der Waals surface area contributed by atoms with Crippen molar-refractivity contribution in [1.29, 1.82) is 0 Å². The van der Waals surface area contributed by atoms with E-state index >= 15 is 0 Å². The minimum absolute atomic E-state index is 0.258. The number of hydrogen-bond acceptors (Lipinski definition) is 5. The predicted molar refractivity (Wildman–Crippen MR) is 136 cm³/mol. The maximum Gasteiger partial charge on any atom is 0.298 e. The van der Waals surface area contributed by atoms with Crippen molar-refractivity contribution in [2.45, 2.75) is 6.61 Å². The van der Waals surface area contributed by atoms with Gasteiger partial charge in [-0.2, -0.15) is 0 Å². The Balaban J connectivity index is 1.58. The minimum atomic E-state index is -0.401. The molecule has 2 amide bonds. The maximum atomic E-state index is 12.9. The van der Waals surface area contributed by atoms with Crippen molar-refractivity contribution in [3.63, 3.8) is 0 Å². The zero-order valence-electron chi connectivity index (χ0n) is 17.2. The number of anilines is 1. The van der Waals surface area contributed by atoms with Gasteiger partial charge in [-0.25, -0.2) is 4.90 Å². The molecule has 0 radical (unpaired) electrons. The topological polar surface area (TPSA) is 55.8 Å². The standard InChI is InChI=1S/C24H16BrCl2NO4S/c1-31-20-11-14(10-18(25)22(20)32-13-15-4-2-3-5-19(15)27)12-21-23(29)28(24(30)33-21)17-8-6-16(26)7-9-17/h2-12H,13H2,1H3/b21-12-. The van der Waals surface area contributed by atoms with E-state index in [4.69, 9.17) is 32.7 Å². The summed E-state index contributed by atoms with van der Waals surface area (Å²) >= 11 is 16.5. The van der Waals surface area contributed by atoms with Gasteiger partial charge in [0.05, 0.1) is 22.2 Å². The van der Waals surface area contributed by atoms with Gasteiger partial charge in [-0.3, -0.25) is 9.59 Å². The summed E-state index contributed by atoms with van der Waals surface area (Å²) in [6.45, 7) is 0.258. The first-order valence-corrected chi connectivity index (χ1v) is 12.0. The number of imide groups is 1. The van der Waals surface area contributed by atoms with Crippen molar-refractivity contribution in [1.82, 2.24) is 0 Å². The zero-order valence-corrected chi connectivity index (χ0v) is 21.1. The highest BCUT2D eigenvalue weighted by Gasteiger charge is 2.36. The monoisotopic (exact) mass is 563 g/mol. The Morgan fingerprint density at radius 3 is 2.48 bits per heavy atom. The first-order chi connectivity index (χ1) is 15.9. The van der Waals surface area contributed by atoms with Gasteiger partial charge in [-0.05, 0) is 81.8 Å². The lowest BCUT2D eigenvalue weighted by molar-refractivity contribution is -0.113. The Labute approximate surface area is 213 Å². The third-order valence-electron chi connectivity index (χ3n) is 4.76. The molecule has 3 aromatic carbocycles. The Morgan fingerprint density at radius 2 is 1.79 bits per heavy atom. The van der Waals surface area contributed by atoms with E-state index in [0.717, 1.165) is 22.2 Å². The van der Waals surface area contributed by atoms with Crippen LogP contribution in [0.5, 0.6) is 11.5 Å². The Morgan fingerprint density at radius 1 is 1.06 bits per heavy atom. The first-order valence-electron chi connectivity index (χ1n) is 9.64. The third-order valence-corrected chi connectivity index (χ3v) is 6.84. The number of methoxy groups -OCH3 is 1. The van der Waals surface area contributed by atoms with Crippen molar-refractivity contribution in [3.05, 3.63) is 91.2 Å². The van der Waals surface area contributed by atoms with Crippen LogP contribution in [0.2, 0.25) is 10.0 Å². The summed E-state index contributed by atoms with van der Waals surface area (Å²) in [5.41, 5.74) is 1.98. The average Bonchev–Trinajstić information content (AvgIpc) is 3.07. The van der Waals surface area contributed by atoms with E-state index in [-0.39, 0.29) is 11.8 Å². The second-order valence-electron chi connectivity index (χ2n) is 6.91. The van der Waals surface area contributed by atoms with Crippen LogP contribution < -0.4 is 14.4 Å². The predicted octanol–water partition coefficient (Wildman–Crippen LogP) is 7.58. The molecule has 5 nitrogen and oxygen atoms in total. The van der Waals surface area contributed by atoms with Gasteiger partial charge in [-0.15, -0.1) is 0 Å². The fraction of sp³-hybridized carbons (Fsp3) is 0.0833. The molecular weight excluding hydrogens is 549 g/mol. The van der Waals surface area contributed by atoms with Gasteiger partial charge in [-0.1, -0.05) is 41.4 Å². The van der Waals surface area contributed by atoms with Crippen LogP contribution in [0.4, 0.5) is 10.5 Å². The van der Waals surface area contributed by atoms with E-state index in [1.165, 1.54) is 7.11 Å². The SMILES string of the molecule is COc1cc(/C=C2\SC(=O)N(c3ccc(Cl)cc3)C2=O)cc(Br)c1OCc1ccccc1Cl. The fourth-order valence-electron chi connectivity index (χ4n) is 3.16. The Bertz CT molecular complexity index is 1260. The van der Waals surface area contributed by atoms with E-state index in [0.29, 0.717) is 42.2 Å². The van der Waals surface area contributed by atoms with Gasteiger partial charge in [0.1, 0.15) is 6.61 Å². The van der Waals surface area contributed by atoms with Crippen LogP contribution in [0.25, 0.3) is 6.08 Å². The summed E-state index contributed by atoms with van der Waals surface area (Å²) < 4.78 is 12.1. The molecule has 0 aromatic heterocycles. The Hall–Kier alpha value is -2.45. The average molecular weight is 565 g/mol. The molecule has 1 aliphatic rings.